The van der Waals surface area contributed by atoms with Crippen molar-refractivity contribution in [1.29, 1.82) is 0 Å². The van der Waals surface area contributed by atoms with Gasteiger partial charge < -0.3 is 19.9 Å². The van der Waals surface area contributed by atoms with Gasteiger partial charge >= 0.3 is 0 Å². The molecule has 5 heteroatoms. The van der Waals surface area contributed by atoms with Crippen molar-refractivity contribution in [2.45, 2.75) is 18.6 Å². The highest BCUT2D eigenvalue weighted by Crippen LogP contribution is 2.41. The summed E-state index contributed by atoms with van der Waals surface area (Å²) < 4.78 is 16.3. The van der Waals surface area contributed by atoms with Crippen LogP contribution < -0.4 is 19.9 Å². The molecule has 2 atom stereocenters. The maximum atomic E-state index is 6.27. The minimum Gasteiger partial charge on any atom is -0.497 e. The molecule has 1 aromatic carbocycles. The van der Waals surface area contributed by atoms with E-state index in [0.717, 1.165) is 22.6 Å². The summed E-state index contributed by atoms with van der Waals surface area (Å²) in [4.78, 5) is 4.22. The lowest BCUT2D eigenvalue weighted by Crippen LogP contribution is -2.24. The van der Waals surface area contributed by atoms with Crippen molar-refractivity contribution in [2.24, 2.45) is 5.73 Å². The van der Waals surface area contributed by atoms with Crippen LogP contribution in [0, 0.1) is 0 Å². The molecule has 0 saturated heterocycles. The predicted molar refractivity (Wildman–Crippen MR) is 78.7 cm³/mol. The molecule has 5 nitrogen and oxygen atoms in total. The maximum absolute atomic E-state index is 6.27. The van der Waals surface area contributed by atoms with Crippen LogP contribution in [0.25, 0.3) is 0 Å². The van der Waals surface area contributed by atoms with Gasteiger partial charge in [-0.1, -0.05) is 0 Å². The van der Waals surface area contributed by atoms with Crippen molar-refractivity contribution in [3.8, 4) is 17.4 Å². The van der Waals surface area contributed by atoms with Gasteiger partial charge in [0, 0.05) is 35.9 Å². The molecule has 0 fully saturated rings. The van der Waals surface area contributed by atoms with Crippen molar-refractivity contribution < 1.29 is 14.2 Å². The number of pyridine rings is 1. The molecule has 21 heavy (non-hydrogen) atoms. The predicted octanol–water partition coefficient (Wildman–Crippen LogP) is 2.62. The third-order valence-electron chi connectivity index (χ3n) is 3.69. The molecule has 1 aliphatic rings. The number of methoxy groups -OCH3 is 2. The summed E-state index contributed by atoms with van der Waals surface area (Å²) in [5.41, 5.74) is 8.25. The van der Waals surface area contributed by atoms with Crippen LogP contribution in [0.2, 0.25) is 0 Å². The fraction of sp³-hybridized carbons (Fsp3) is 0.312. The Morgan fingerprint density at radius 2 is 2.05 bits per heavy atom. The Labute approximate surface area is 123 Å². The molecule has 2 heterocycles. The fourth-order valence-electron chi connectivity index (χ4n) is 2.52. The first kappa shape index (κ1) is 13.7. The van der Waals surface area contributed by atoms with E-state index in [1.807, 2.05) is 30.3 Å². The third-order valence-corrected chi connectivity index (χ3v) is 3.69. The first-order valence-corrected chi connectivity index (χ1v) is 6.81. The van der Waals surface area contributed by atoms with Gasteiger partial charge in [-0.25, -0.2) is 4.98 Å². The summed E-state index contributed by atoms with van der Waals surface area (Å²) in [5, 5.41) is 0. The summed E-state index contributed by atoms with van der Waals surface area (Å²) in [6.07, 6.45) is 2.37. The van der Waals surface area contributed by atoms with E-state index in [-0.39, 0.29) is 12.1 Å². The summed E-state index contributed by atoms with van der Waals surface area (Å²) in [6, 6.07) is 9.40. The normalized spacial score (nSPS) is 20.3. The van der Waals surface area contributed by atoms with Crippen molar-refractivity contribution in [3.63, 3.8) is 0 Å². The Hall–Kier alpha value is -2.27. The van der Waals surface area contributed by atoms with Gasteiger partial charge in [-0.05, 0) is 24.3 Å². The number of aromatic nitrogens is 1. The molecule has 0 bridgehead atoms. The zero-order valence-corrected chi connectivity index (χ0v) is 12.1. The van der Waals surface area contributed by atoms with Crippen LogP contribution >= 0.6 is 0 Å². The zero-order valence-electron chi connectivity index (χ0n) is 12.1. The van der Waals surface area contributed by atoms with Crippen molar-refractivity contribution in [2.75, 3.05) is 14.2 Å². The number of nitrogens with two attached hydrogens (primary N) is 1. The molecular weight excluding hydrogens is 268 g/mol. The first-order chi connectivity index (χ1) is 10.2. The van der Waals surface area contributed by atoms with Crippen LogP contribution in [0.5, 0.6) is 17.4 Å². The van der Waals surface area contributed by atoms with Crippen LogP contribution in [0.15, 0.2) is 36.5 Å². The van der Waals surface area contributed by atoms with Gasteiger partial charge in [-0.15, -0.1) is 0 Å². The second-order valence-corrected chi connectivity index (χ2v) is 4.99. The standard InChI is InChI=1S/C16H18N2O3/c1-19-11-4-5-14-12(7-11)13(17)8-15(21-14)10-3-6-16(20-2)18-9-10/h3-7,9,13,15H,8,17H2,1-2H3. The molecular formula is C16H18N2O3. The lowest BCUT2D eigenvalue weighted by molar-refractivity contribution is 0.160. The second-order valence-electron chi connectivity index (χ2n) is 4.99. The van der Waals surface area contributed by atoms with Gasteiger partial charge in [-0.3, -0.25) is 0 Å². The zero-order chi connectivity index (χ0) is 14.8. The van der Waals surface area contributed by atoms with Crippen LogP contribution in [-0.2, 0) is 0 Å². The van der Waals surface area contributed by atoms with Crippen molar-refractivity contribution >= 4 is 0 Å². The number of rotatable bonds is 3. The van der Waals surface area contributed by atoms with E-state index < -0.39 is 0 Å². The average Bonchev–Trinajstić information content (AvgIpc) is 2.54. The summed E-state index contributed by atoms with van der Waals surface area (Å²) in [5.74, 6) is 2.18. The summed E-state index contributed by atoms with van der Waals surface area (Å²) in [6.45, 7) is 0. The van der Waals surface area contributed by atoms with E-state index >= 15 is 0 Å². The number of benzene rings is 1. The minimum absolute atomic E-state index is 0.0871. The molecule has 0 saturated carbocycles. The Balaban J connectivity index is 1.87. The Morgan fingerprint density at radius 3 is 2.71 bits per heavy atom. The Kier molecular flexibility index (Phi) is 3.66. The van der Waals surface area contributed by atoms with Crippen LogP contribution in [0.4, 0.5) is 0 Å². The summed E-state index contributed by atoms with van der Waals surface area (Å²) in [7, 11) is 3.24. The molecule has 1 aliphatic heterocycles. The summed E-state index contributed by atoms with van der Waals surface area (Å²) >= 11 is 0. The molecule has 0 radical (unpaired) electrons. The highest BCUT2D eigenvalue weighted by molar-refractivity contribution is 5.44. The van der Waals surface area contributed by atoms with Gasteiger partial charge in [0.2, 0.25) is 5.88 Å². The fourth-order valence-corrected chi connectivity index (χ4v) is 2.52. The van der Waals surface area contributed by atoms with Gasteiger partial charge in [0.1, 0.15) is 17.6 Å². The van der Waals surface area contributed by atoms with E-state index in [9.17, 15) is 0 Å². The van der Waals surface area contributed by atoms with Gasteiger partial charge in [0.25, 0.3) is 0 Å². The van der Waals surface area contributed by atoms with Crippen LogP contribution in [0.1, 0.15) is 29.7 Å². The molecule has 2 N–H and O–H groups in total. The highest BCUT2D eigenvalue weighted by Gasteiger charge is 2.27. The van der Waals surface area contributed by atoms with Gasteiger partial charge in [0.15, 0.2) is 0 Å². The van der Waals surface area contributed by atoms with Crippen molar-refractivity contribution in [1.82, 2.24) is 4.98 Å². The smallest absolute Gasteiger partial charge is 0.212 e. The maximum Gasteiger partial charge on any atom is 0.212 e. The monoisotopic (exact) mass is 286 g/mol. The number of hydrogen-bond acceptors (Lipinski definition) is 5. The molecule has 0 amide bonds. The minimum atomic E-state index is -0.0979. The molecule has 2 unspecified atom stereocenters. The molecule has 0 aliphatic carbocycles. The first-order valence-electron chi connectivity index (χ1n) is 6.81. The SMILES string of the molecule is COc1ccc2c(c1)C(N)CC(c1ccc(OC)nc1)O2. The van der Waals surface area contributed by atoms with E-state index in [4.69, 9.17) is 19.9 Å². The molecule has 0 spiro atoms. The topological polar surface area (TPSA) is 66.6 Å². The average molecular weight is 286 g/mol. The second kappa shape index (κ2) is 5.61. The third kappa shape index (κ3) is 2.64. The van der Waals surface area contributed by atoms with E-state index in [1.165, 1.54) is 0 Å². The van der Waals surface area contributed by atoms with Crippen LogP contribution in [0.3, 0.4) is 0 Å². The van der Waals surface area contributed by atoms with E-state index in [0.29, 0.717) is 12.3 Å². The molecule has 1 aromatic heterocycles. The van der Waals surface area contributed by atoms with Gasteiger partial charge in [0.05, 0.1) is 14.2 Å². The quantitative estimate of drug-likeness (QED) is 0.939. The number of fused-ring (bicyclic) bond motifs is 1. The Bertz CT molecular complexity index is 628. The molecule has 110 valence electrons. The number of ether oxygens (including phenoxy) is 3. The van der Waals surface area contributed by atoms with E-state index in [1.54, 1.807) is 20.4 Å². The van der Waals surface area contributed by atoms with Gasteiger partial charge in [-0.2, -0.15) is 0 Å². The van der Waals surface area contributed by atoms with Crippen LogP contribution in [-0.4, -0.2) is 19.2 Å². The lowest BCUT2D eigenvalue weighted by atomic mass is 9.94. The van der Waals surface area contributed by atoms with Crippen molar-refractivity contribution in [3.05, 3.63) is 47.7 Å². The number of hydrogen-bond donors (Lipinski definition) is 1. The Morgan fingerprint density at radius 1 is 1.19 bits per heavy atom. The lowest BCUT2D eigenvalue weighted by Gasteiger charge is -2.30. The van der Waals surface area contributed by atoms with E-state index in [2.05, 4.69) is 4.98 Å². The molecule has 3 rings (SSSR count). The number of nitrogens with zero attached hydrogens (tertiary/aromatic N) is 1. The largest absolute Gasteiger partial charge is 0.497 e. The molecule has 2 aromatic rings. The highest BCUT2D eigenvalue weighted by atomic mass is 16.5.